The fourth-order valence-electron chi connectivity index (χ4n) is 3.47. The number of aromatic amines is 1. The molecule has 0 spiro atoms. The van der Waals surface area contributed by atoms with Gasteiger partial charge in [0.1, 0.15) is 4.83 Å². The highest BCUT2D eigenvalue weighted by atomic mass is 32.1. The Kier molecular flexibility index (Phi) is 4.00. The Morgan fingerprint density at radius 2 is 2.32 bits per heavy atom. The number of hydrogen-bond donors (Lipinski definition) is 1. The van der Waals surface area contributed by atoms with Crippen LogP contribution in [0.2, 0.25) is 0 Å². The molecule has 0 unspecified atom stereocenters. The Hall–Kier alpha value is -2.34. The van der Waals surface area contributed by atoms with Gasteiger partial charge in [-0.05, 0) is 43.7 Å². The molecule has 1 N–H and O–H groups in total. The molecular formula is C19H20N3O2S+. The van der Waals surface area contributed by atoms with Crippen LogP contribution in [0.1, 0.15) is 46.9 Å². The maximum Gasteiger partial charge on any atom is 0.260 e. The average molecular weight is 354 g/mol. The summed E-state index contributed by atoms with van der Waals surface area (Å²) in [6.07, 6.45) is 6.80. The molecule has 1 aliphatic rings. The molecular weight excluding hydrogens is 334 g/mol. The standard InChI is InChI=1S/C19H19N3O2S/c1-11-5-6-14-15(8-11)25-19-17(14)18(24)20-16(21-19)10-22-7-3-4-13(9-22)12(2)23/h3-4,7,9,11H,5-6,8,10H2,1-2H3/p+1/t11-/m1/s1. The lowest BCUT2D eigenvalue weighted by Gasteiger charge is -2.17. The molecule has 25 heavy (non-hydrogen) atoms. The normalized spacial score (nSPS) is 16.8. The average Bonchev–Trinajstić information content (AvgIpc) is 2.92. The number of nitrogens with one attached hydrogen (secondary N) is 1. The second-order valence-corrected chi connectivity index (χ2v) is 7.95. The molecule has 0 saturated carbocycles. The second kappa shape index (κ2) is 6.19. The van der Waals surface area contributed by atoms with Crippen LogP contribution in [0, 0.1) is 5.92 Å². The van der Waals surface area contributed by atoms with E-state index < -0.39 is 0 Å². The summed E-state index contributed by atoms with van der Waals surface area (Å²) in [5.74, 6) is 1.31. The van der Waals surface area contributed by atoms with Crippen LogP contribution < -0.4 is 10.1 Å². The number of aryl methyl sites for hydroxylation is 1. The second-order valence-electron chi connectivity index (χ2n) is 6.87. The van der Waals surface area contributed by atoms with Gasteiger partial charge in [0.2, 0.25) is 6.54 Å². The first-order valence-corrected chi connectivity index (χ1v) is 9.36. The Labute approximate surface area is 149 Å². The highest BCUT2D eigenvalue weighted by molar-refractivity contribution is 7.18. The number of carbonyl (C=O) groups excluding carboxylic acids is 1. The number of ketones is 1. The van der Waals surface area contributed by atoms with Gasteiger partial charge in [0, 0.05) is 10.9 Å². The number of rotatable bonds is 3. The largest absolute Gasteiger partial charge is 0.305 e. The number of thiophene rings is 1. The number of aromatic nitrogens is 3. The van der Waals surface area contributed by atoms with Gasteiger partial charge >= 0.3 is 0 Å². The van der Waals surface area contributed by atoms with Crippen LogP contribution in [0.25, 0.3) is 10.2 Å². The molecule has 6 heteroatoms. The quantitative estimate of drug-likeness (QED) is 0.581. The van der Waals surface area contributed by atoms with Crippen molar-refractivity contribution in [2.75, 3.05) is 0 Å². The first-order valence-electron chi connectivity index (χ1n) is 8.54. The Morgan fingerprint density at radius 1 is 1.48 bits per heavy atom. The van der Waals surface area contributed by atoms with E-state index in [1.807, 2.05) is 16.8 Å². The van der Waals surface area contributed by atoms with Crippen molar-refractivity contribution in [3.05, 3.63) is 56.7 Å². The van der Waals surface area contributed by atoms with Gasteiger partial charge in [-0.25, -0.2) is 4.98 Å². The number of fused-ring (bicyclic) bond motifs is 3. The van der Waals surface area contributed by atoms with Gasteiger partial charge in [-0.15, -0.1) is 11.3 Å². The molecule has 0 aliphatic heterocycles. The highest BCUT2D eigenvalue weighted by Gasteiger charge is 2.23. The molecule has 5 nitrogen and oxygen atoms in total. The van der Waals surface area contributed by atoms with Crippen LogP contribution in [-0.2, 0) is 19.4 Å². The third-order valence-electron chi connectivity index (χ3n) is 4.81. The molecule has 0 saturated heterocycles. The van der Waals surface area contributed by atoms with Gasteiger partial charge in [0.15, 0.2) is 24.0 Å². The molecule has 128 valence electrons. The first kappa shape index (κ1) is 16.1. The summed E-state index contributed by atoms with van der Waals surface area (Å²) < 4.78 is 1.87. The molecule has 3 aromatic heterocycles. The van der Waals surface area contributed by atoms with Gasteiger partial charge in [-0.1, -0.05) is 6.92 Å². The van der Waals surface area contributed by atoms with Crippen molar-refractivity contribution in [2.45, 2.75) is 39.7 Å². The maximum atomic E-state index is 12.6. The minimum absolute atomic E-state index is 0.0197. The fraction of sp³-hybridized carbons (Fsp3) is 0.368. The van der Waals surface area contributed by atoms with Crippen LogP contribution >= 0.6 is 11.3 Å². The van der Waals surface area contributed by atoms with Crippen molar-refractivity contribution in [1.82, 2.24) is 9.97 Å². The van der Waals surface area contributed by atoms with Crippen molar-refractivity contribution < 1.29 is 9.36 Å². The van der Waals surface area contributed by atoms with E-state index in [0.717, 1.165) is 29.5 Å². The van der Waals surface area contributed by atoms with Gasteiger partial charge in [-0.2, -0.15) is 4.57 Å². The molecule has 1 atom stereocenters. The predicted molar refractivity (Wildman–Crippen MR) is 97.2 cm³/mol. The van der Waals surface area contributed by atoms with Crippen LogP contribution in [0.3, 0.4) is 0 Å². The third kappa shape index (κ3) is 3.02. The Morgan fingerprint density at radius 3 is 3.12 bits per heavy atom. The van der Waals surface area contributed by atoms with Crippen LogP contribution in [0.4, 0.5) is 0 Å². The minimum atomic E-state index is -0.0459. The van der Waals surface area contributed by atoms with E-state index in [0.29, 0.717) is 23.9 Å². The summed E-state index contributed by atoms with van der Waals surface area (Å²) in [5, 5.41) is 0.776. The van der Waals surface area contributed by atoms with Gasteiger partial charge in [-0.3, -0.25) is 9.59 Å². The molecule has 0 aromatic carbocycles. The Balaban J connectivity index is 1.73. The van der Waals surface area contributed by atoms with Gasteiger partial charge in [0.25, 0.3) is 5.56 Å². The smallest absolute Gasteiger partial charge is 0.260 e. The van der Waals surface area contributed by atoms with E-state index in [4.69, 9.17) is 4.98 Å². The molecule has 0 radical (unpaired) electrons. The van der Waals surface area contributed by atoms with Crippen molar-refractivity contribution in [1.29, 1.82) is 0 Å². The van der Waals surface area contributed by atoms with E-state index in [1.54, 1.807) is 30.5 Å². The lowest BCUT2D eigenvalue weighted by molar-refractivity contribution is -0.689. The number of hydrogen-bond acceptors (Lipinski definition) is 4. The number of H-pyrrole nitrogens is 1. The summed E-state index contributed by atoms with van der Waals surface area (Å²) in [5.41, 5.74) is 1.80. The lowest BCUT2D eigenvalue weighted by Crippen LogP contribution is -2.36. The van der Waals surface area contributed by atoms with Crippen LogP contribution in [0.15, 0.2) is 29.3 Å². The minimum Gasteiger partial charge on any atom is -0.305 e. The van der Waals surface area contributed by atoms with E-state index in [9.17, 15) is 9.59 Å². The zero-order valence-electron chi connectivity index (χ0n) is 14.3. The molecule has 0 bridgehead atoms. The maximum absolute atomic E-state index is 12.6. The van der Waals surface area contributed by atoms with Crippen molar-refractivity contribution >= 4 is 27.3 Å². The summed E-state index contributed by atoms with van der Waals surface area (Å²) in [7, 11) is 0. The monoisotopic (exact) mass is 354 g/mol. The Bertz CT molecular complexity index is 1030. The number of pyridine rings is 1. The third-order valence-corrected chi connectivity index (χ3v) is 5.96. The van der Waals surface area contributed by atoms with Crippen molar-refractivity contribution in [3.8, 4) is 0 Å². The van der Waals surface area contributed by atoms with Crippen molar-refractivity contribution in [3.63, 3.8) is 0 Å². The zero-order valence-corrected chi connectivity index (χ0v) is 15.2. The fourth-order valence-corrected chi connectivity index (χ4v) is 4.87. The first-order chi connectivity index (χ1) is 12.0. The summed E-state index contributed by atoms with van der Waals surface area (Å²) in [6.45, 7) is 4.24. The molecule has 1 aliphatic carbocycles. The summed E-state index contributed by atoms with van der Waals surface area (Å²) in [4.78, 5) is 33.9. The lowest BCUT2D eigenvalue weighted by atomic mass is 9.89. The van der Waals surface area contributed by atoms with E-state index in [2.05, 4.69) is 11.9 Å². The van der Waals surface area contributed by atoms with Crippen molar-refractivity contribution in [2.24, 2.45) is 5.92 Å². The topological polar surface area (TPSA) is 66.7 Å². The SMILES string of the molecule is CC(=O)c1ccc[n+](Cc2nc3sc4c(c3c(=O)[nH]2)CC[C@@H](C)C4)c1. The predicted octanol–water partition coefficient (Wildman–Crippen LogP) is 2.65. The zero-order chi connectivity index (χ0) is 17.6. The van der Waals surface area contributed by atoms with E-state index in [-0.39, 0.29) is 11.3 Å². The number of Topliss-reactive ketones (excluding diaryl/α,β-unsaturated/α-hetero) is 1. The van der Waals surface area contributed by atoms with Gasteiger partial charge in [0.05, 0.1) is 10.9 Å². The van der Waals surface area contributed by atoms with Gasteiger partial charge < -0.3 is 4.98 Å². The van der Waals surface area contributed by atoms with Crippen LogP contribution in [0.5, 0.6) is 0 Å². The summed E-state index contributed by atoms with van der Waals surface area (Å²) in [6, 6.07) is 3.62. The molecule has 0 fully saturated rings. The number of carbonyl (C=O) groups is 1. The summed E-state index contributed by atoms with van der Waals surface area (Å²) >= 11 is 1.66. The van der Waals surface area contributed by atoms with Crippen LogP contribution in [-0.4, -0.2) is 15.8 Å². The molecule has 4 rings (SSSR count). The number of nitrogens with zero attached hydrogens (tertiary/aromatic N) is 2. The van der Waals surface area contributed by atoms with E-state index >= 15 is 0 Å². The molecule has 3 aromatic rings. The molecule has 0 amide bonds. The highest BCUT2D eigenvalue weighted by Crippen LogP contribution is 2.35. The molecule has 3 heterocycles. The van der Waals surface area contributed by atoms with E-state index in [1.165, 1.54) is 10.4 Å².